The minimum Gasteiger partial charge on any atom is -0.0843 e. The second kappa shape index (κ2) is 4.63. The highest BCUT2D eigenvalue weighted by atomic mass is 13.9. The van der Waals surface area contributed by atoms with Crippen molar-refractivity contribution in [1.82, 2.24) is 0 Å². The molecule has 0 aliphatic carbocycles. The first kappa shape index (κ1) is 7.48. The predicted molar refractivity (Wildman–Crippen MR) is 37.5 cm³/mol. The molecule has 0 fully saturated rings. The van der Waals surface area contributed by atoms with E-state index in [1.807, 2.05) is 6.08 Å². The van der Waals surface area contributed by atoms with Gasteiger partial charge in [-0.1, -0.05) is 38.7 Å². The Morgan fingerprint density at radius 2 is 2.12 bits per heavy atom. The predicted octanol–water partition coefficient (Wildman–Crippen LogP) is 2.58. The van der Waals surface area contributed by atoms with Crippen molar-refractivity contribution in [3.05, 3.63) is 24.8 Å². The van der Waals surface area contributed by atoms with Gasteiger partial charge in [0.05, 0.1) is 0 Å². The molecule has 0 aliphatic rings. The van der Waals surface area contributed by atoms with Gasteiger partial charge >= 0.3 is 0 Å². The molecule has 0 heteroatoms. The third-order valence-corrected chi connectivity index (χ3v) is 0.855. The molecule has 0 saturated carbocycles. The Balaban J connectivity index is 3.15. The van der Waals surface area contributed by atoms with Gasteiger partial charge in [0.2, 0.25) is 0 Å². The number of rotatable bonds is 3. The van der Waals surface area contributed by atoms with Crippen LogP contribution in [0.5, 0.6) is 0 Å². The van der Waals surface area contributed by atoms with Crippen LogP contribution in [0.1, 0.15) is 20.3 Å². The highest BCUT2D eigenvalue weighted by molar-refractivity contribution is 4.95. The van der Waals surface area contributed by atoms with Crippen LogP contribution in [-0.2, 0) is 0 Å². The van der Waals surface area contributed by atoms with E-state index in [-0.39, 0.29) is 0 Å². The summed E-state index contributed by atoms with van der Waals surface area (Å²) in [6, 6.07) is 0. The lowest BCUT2D eigenvalue weighted by molar-refractivity contribution is 0.664. The fourth-order valence-electron chi connectivity index (χ4n) is 0.429. The van der Waals surface area contributed by atoms with Gasteiger partial charge in [-0.3, -0.25) is 0 Å². The van der Waals surface area contributed by atoms with Gasteiger partial charge in [-0.2, -0.15) is 0 Å². The number of hydrogen-bond acceptors (Lipinski definition) is 0. The summed E-state index contributed by atoms with van der Waals surface area (Å²) in [5.74, 6) is 0.742. The van der Waals surface area contributed by atoms with E-state index in [1.54, 1.807) is 6.08 Å². The van der Waals surface area contributed by atoms with Crippen LogP contribution in [0.15, 0.2) is 18.2 Å². The molecule has 0 aromatic heterocycles. The quantitative estimate of drug-likeness (QED) is 0.489. The second-order valence-corrected chi connectivity index (χ2v) is 2.25. The fourth-order valence-corrected chi connectivity index (χ4v) is 0.429. The zero-order valence-corrected chi connectivity index (χ0v) is 5.59. The summed E-state index contributed by atoms with van der Waals surface area (Å²) in [5.41, 5.74) is 0. The lowest BCUT2D eigenvalue weighted by atomic mass is 10.1. The van der Waals surface area contributed by atoms with Gasteiger partial charge in [0, 0.05) is 0 Å². The van der Waals surface area contributed by atoms with Crippen molar-refractivity contribution in [3.63, 3.8) is 0 Å². The molecule has 0 atom stereocenters. The lowest BCUT2D eigenvalue weighted by Gasteiger charge is -1.93. The topological polar surface area (TPSA) is 0 Å². The zero-order chi connectivity index (χ0) is 6.41. The molecule has 0 nitrogen and oxygen atoms in total. The van der Waals surface area contributed by atoms with E-state index in [4.69, 9.17) is 6.58 Å². The molecular weight excluding hydrogens is 96.1 g/mol. The average molecular weight is 109 g/mol. The summed E-state index contributed by atoms with van der Waals surface area (Å²) < 4.78 is 0. The molecule has 0 heterocycles. The van der Waals surface area contributed by atoms with Crippen molar-refractivity contribution in [3.8, 4) is 0 Å². The first-order valence-corrected chi connectivity index (χ1v) is 2.97. The van der Waals surface area contributed by atoms with E-state index in [1.165, 1.54) is 0 Å². The smallest absolute Gasteiger partial charge is 0.0324 e. The van der Waals surface area contributed by atoms with Gasteiger partial charge in [-0.05, 0) is 12.3 Å². The van der Waals surface area contributed by atoms with Crippen molar-refractivity contribution in [2.24, 2.45) is 5.92 Å². The maximum Gasteiger partial charge on any atom is -0.0324 e. The largest absolute Gasteiger partial charge is 0.0843 e. The standard InChI is InChI=1S/C8H13/c1-4-5-6-7-8(2)3/h1,4-6,8H,7H2,2-3H3. The summed E-state index contributed by atoms with van der Waals surface area (Å²) in [4.78, 5) is 0. The molecule has 1 radical (unpaired) electrons. The number of hydrogen-bond donors (Lipinski definition) is 0. The first-order valence-electron chi connectivity index (χ1n) is 2.97. The van der Waals surface area contributed by atoms with E-state index >= 15 is 0 Å². The normalized spacial score (nSPS) is 10.9. The summed E-state index contributed by atoms with van der Waals surface area (Å²) >= 11 is 0. The van der Waals surface area contributed by atoms with E-state index in [9.17, 15) is 0 Å². The van der Waals surface area contributed by atoms with Crippen molar-refractivity contribution in [2.45, 2.75) is 20.3 Å². The molecule has 0 N–H and O–H groups in total. The molecule has 8 heavy (non-hydrogen) atoms. The Morgan fingerprint density at radius 3 is 2.50 bits per heavy atom. The lowest BCUT2D eigenvalue weighted by Crippen LogP contribution is -1.79. The maximum atomic E-state index is 5.10. The van der Waals surface area contributed by atoms with Gasteiger partial charge in [0.1, 0.15) is 0 Å². The SMILES string of the molecule is [CH]=CC=CCC(C)C. The summed E-state index contributed by atoms with van der Waals surface area (Å²) in [6.07, 6.45) is 6.63. The third kappa shape index (κ3) is 5.48. The van der Waals surface area contributed by atoms with Crippen LogP contribution in [-0.4, -0.2) is 0 Å². The van der Waals surface area contributed by atoms with Crippen LogP contribution < -0.4 is 0 Å². The van der Waals surface area contributed by atoms with Gasteiger partial charge in [-0.15, -0.1) is 0 Å². The summed E-state index contributed by atoms with van der Waals surface area (Å²) in [7, 11) is 0. The van der Waals surface area contributed by atoms with E-state index in [2.05, 4.69) is 19.9 Å². The highest BCUT2D eigenvalue weighted by Crippen LogP contribution is 1.98. The van der Waals surface area contributed by atoms with Crippen LogP contribution in [0.25, 0.3) is 0 Å². The first-order chi connectivity index (χ1) is 3.77. The van der Waals surface area contributed by atoms with Gasteiger partial charge < -0.3 is 0 Å². The second-order valence-electron chi connectivity index (χ2n) is 2.25. The molecule has 0 unspecified atom stereocenters. The van der Waals surface area contributed by atoms with Crippen LogP contribution >= 0.6 is 0 Å². The van der Waals surface area contributed by atoms with Crippen molar-refractivity contribution < 1.29 is 0 Å². The Bertz CT molecular complexity index is 78.0. The molecule has 0 aromatic rings. The van der Waals surface area contributed by atoms with Crippen LogP contribution in [0, 0.1) is 12.5 Å². The van der Waals surface area contributed by atoms with E-state index in [0.717, 1.165) is 12.3 Å². The summed E-state index contributed by atoms with van der Waals surface area (Å²) in [6.45, 7) is 9.47. The van der Waals surface area contributed by atoms with Gasteiger partial charge in [0.15, 0.2) is 0 Å². The van der Waals surface area contributed by atoms with Crippen molar-refractivity contribution in [1.29, 1.82) is 0 Å². The maximum absolute atomic E-state index is 5.10. The molecular formula is C8H13. The number of allylic oxidation sites excluding steroid dienone is 3. The van der Waals surface area contributed by atoms with Crippen molar-refractivity contribution in [2.75, 3.05) is 0 Å². The van der Waals surface area contributed by atoms with Crippen LogP contribution in [0.3, 0.4) is 0 Å². The highest BCUT2D eigenvalue weighted by Gasteiger charge is 1.84. The molecule has 0 aliphatic heterocycles. The molecule has 0 aromatic carbocycles. The zero-order valence-electron chi connectivity index (χ0n) is 5.59. The van der Waals surface area contributed by atoms with E-state index in [0.29, 0.717) is 0 Å². The van der Waals surface area contributed by atoms with Crippen LogP contribution in [0.2, 0.25) is 0 Å². The molecule has 45 valence electrons. The molecule has 0 rings (SSSR count). The van der Waals surface area contributed by atoms with Crippen molar-refractivity contribution >= 4 is 0 Å². The Kier molecular flexibility index (Phi) is 4.33. The average Bonchev–Trinajstić information content (AvgIpc) is 1.66. The molecule has 0 saturated heterocycles. The minimum absolute atomic E-state index is 0.742. The minimum atomic E-state index is 0.742. The Hall–Kier alpha value is -0.520. The third-order valence-electron chi connectivity index (χ3n) is 0.855. The molecule has 0 spiro atoms. The van der Waals surface area contributed by atoms with Crippen LogP contribution in [0.4, 0.5) is 0 Å². The van der Waals surface area contributed by atoms with Gasteiger partial charge in [-0.25, -0.2) is 0 Å². The molecule has 0 amide bonds. The Morgan fingerprint density at radius 1 is 1.50 bits per heavy atom. The summed E-state index contributed by atoms with van der Waals surface area (Å²) in [5, 5.41) is 0. The Labute approximate surface area is 51.9 Å². The van der Waals surface area contributed by atoms with E-state index < -0.39 is 0 Å². The molecule has 0 bridgehead atoms. The monoisotopic (exact) mass is 109 g/mol. The van der Waals surface area contributed by atoms with Gasteiger partial charge in [0.25, 0.3) is 0 Å². The fraction of sp³-hybridized carbons (Fsp3) is 0.500.